The Morgan fingerprint density at radius 3 is 3.00 bits per heavy atom. The third-order valence-electron chi connectivity index (χ3n) is 3.36. The molecule has 1 fully saturated rings. The van der Waals surface area contributed by atoms with Crippen molar-refractivity contribution < 1.29 is 4.74 Å². The van der Waals surface area contributed by atoms with Crippen molar-refractivity contribution in [2.75, 3.05) is 32.8 Å². The van der Waals surface area contributed by atoms with Gasteiger partial charge in [0.25, 0.3) is 0 Å². The normalized spacial score (nSPS) is 22.6. The number of likely N-dealkylation sites (tertiary alicyclic amines) is 1. The van der Waals surface area contributed by atoms with E-state index in [0.29, 0.717) is 6.10 Å². The van der Waals surface area contributed by atoms with Gasteiger partial charge in [-0.25, -0.2) is 0 Å². The summed E-state index contributed by atoms with van der Waals surface area (Å²) in [5, 5.41) is 12.2. The zero-order valence-corrected chi connectivity index (χ0v) is 11.8. The van der Waals surface area contributed by atoms with E-state index in [1.807, 2.05) is 6.92 Å². The van der Waals surface area contributed by atoms with Gasteiger partial charge < -0.3 is 15.0 Å². The van der Waals surface area contributed by atoms with E-state index in [1.54, 1.807) is 0 Å². The lowest BCUT2D eigenvalue weighted by Crippen LogP contribution is -2.42. The molecule has 0 aliphatic carbocycles. The monoisotopic (exact) mass is 253 g/mol. The smallest absolute Gasteiger partial charge is 0.0965 e. The lowest BCUT2D eigenvalue weighted by molar-refractivity contribution is -0.000517. The molecular formula is C14H27N3O. The SMILES string of the molecule is CCCOC1CCCN(CCC(C#N)NCC)C1. The Balaban J connectivity index is 2.23. The van der Waals surface area contributed by atoms with Crippen LogP contribution in [-0.4, -0.2) is 49.8 Å². The minimum absolute atomic E-state index is 0.00747. The summed E-state index contributed by atoms with van der Waals surface area (Å²) in [6.45, 7) is 9.10. The molecule has 0 aromatic carbocycles. The second-order valence-corrected chi connectivity index (χ2v) is 4.96. The van der Waals surface area contributed by atoms with Crippen molar-refractivity contribution >= 4 is 0 Å². The fourth-order valence-electron chi connectivity index (χ4n) is 2.41. The summed E-state index contributed by atoms with van der Waals surface area (Å²) in [4.78, 5) is 2.44. The van der Waals surface area contributed by atoms with Crippen molar-refractivity contribution in [3.63, 3.8) is 0 Å². The molecule has 4 heteroatoms. The molecule has 1 rings (SSSR count). The molecular weight excluding hydrogens is 226 g/mol. The number of piperidine rings is 1. The highest BCUT2D eigenvalue weighted by Crippen LogP contribution is 2.14. The lowest BCUT2D eigenvalue weighted by Gasteiger charge is -2.33. The number of ether oxygens (including phenoxy) is 1. The summed E-state index contributed by atoms with van der Waals surface area (Å²) in [6.07, 6.45) is 4.80. The maximum atomic E-state index is 9.00. The molecule has 0 bridgehead atoms. The van der Waals surface area contributed by atoms with Gasteiger partial charge in [-0.05, 0) is 38.8 Å². The van der Waals surface area contributed by atoms with Gasteiger partial charge in [-0.1, -0.05) is 13.8 Å². The van der Waals surface area contributed by atoms with Crippen LogP contribution in [0.1, 0.15) is 39.5 Å². The lowest BCUT2D eigenvalue weighted by atomic mass is 10.1. The standard InChI is InChI=1S/C14H27N3O/c1-3-10-18-14-6-5-8-17(12-14)9-7-13(11-15)16-4-2/h13-14,16H,3-10,12H2,1-2H3. The second-order valence-electron chi connectivity index (χ2n) is 4.96. The number of hydrogen-bond acceptors (Lipinski definition) is 4. The average Bonchev–Trinajstić information content (AvgIpc) is 2.41. The van der Waals surface area contributed by atoms with Crippen molar-refractivity contribution in [2.24, 2.45) is 0 Å². The van der Waals surface area contributed by atoms with Crippen LogP contribution in [0.3, 0.4) is 0 Å². The van der Waals surface area contributed by atoms with E-state index in [2.05, 4.69) is 23.2 Å². The van der Waals surface area contributed by atoms with Gasteiger partial charge in [-0.3, -0.25) is 0 Å². The first kappa shape index (κ1) is 15.4. The summed E-state index contributed by atoms with van der Waals surface area (Å²) in [5.74, 6) is 0. The Kier molecular flexibility index (Phi) is 7.99. The molecule has 1 N–H and O–H groups in total. The third-order valence-corrected chi connectivity index (χ3v) is 3.36. The fourth-order valence-corrected chi connectivity index (χ4v) is 2.41. The highest BCUT2D eigenvalue weighted by molar-refractivity contribution is 4.90. The molecule has 0 amide bonds. The molecule has 0 saturated carbocycles. The third kappa shape index (κ3) is 5.81. The molecule has 2 atom stereocenters. The number of hydrogen-bond donors (Lipinski definition) is 1. The second kappa shape index (κ2) is 9.32. The molecule has 1 aliphatic rings. The van der Waals surface area contributed by atoms with Crippen molar-refractivity contribution in [1.82, 2.24) is 10.2 Å². The zero-order valence-electron chi connectivity index (χ0n) is 11.8. The van der Waals surface area contributed by atoms with Crippen LogP contribution in [0.2, 0.25) is 0 Å². The quantitative estimate of drug-likeness (QED) is 0.716. The molecule has 0 radical (unpaired) electrons. The van der Waals surface area contributed by atoms with Crippen molar-refractivity contribution in [3.05, 3.63) is 0 Å². The number of nitrogens with zero attached hydrogens (tertiary/aromatic N) is 2. The van der Waals surface area contributed by atoms with Crippen molar-refractivity contribution in [3.8, 4) is 6.07 Å². The zero-order chi connectivity index (χ0) is 13.2. The minimum Gasteiger partial charge on any atom is -0.377 e. The number of nitrogens with one attached hydrogen (secondary N) is 1. The van der Waals surface area contributed by atoms with Crippen LogP contribution in [0.25, 0.3) is 0 Å². The first-order valence-corrected chi connectivity index (χ1v) is 7.27. The molecule has 1 heterocycles. The molecule has 0 aromatic heterocycles. The highest BCUT2D eigenvalue weighted by Gasteiger charge is 2.20. The Morgan fingerprint density at radius 2 is 2.33 bits per heavy atom. The van der Waals surface area contributed by atoms with E-state index >= 15 is 0 Å². The topological polar surface area (TPSA) is 48.3 Å². The molecule has 18 heavy (non-hydrogen) atoms. The molecule has 2 unspecified atom stereocenters. The summed E-state index contributed by atoms with van der Waals surface area (Å²) in [7, 11) is 0. The summed E-state index contributed by atoms with van der Waals surface area (Å²) < 4.78 is 5.82. The van der Waals surface area contributed by atoms with Gasteiger partial charge in [-0.2, -0.15) is 5.26 Å². The largest absolute Gasteiger partial charge is 0.377 e. The van der Waals surface area contributed by atoms with Gasteiger partial charge in [0.1, 0.15) is 0 Å². The Morgan fingerprint density at radius 1 is 1.50 bits per heavy atom. The molecule has 1 saturated heterocycles. The average molecular weight is 253 g/mol. The highest BCUT2D eigenvalue weighted by atomic mass is 16.5. The van der Waals surface area contributed by atoms with Crippen LogP contribution in [-0.2, 0) is 4.74 Å². The maximum absolute atomic E-state index is 9.00. The Labute approximate surface area is 111 Å². The Hall–Kier alpha value is -0.630. The van der Waals surface area contributed by atoms with Crippen LogP contribution in [0, 0.1) is 11.3 Å². The summed E-state index contributed by atoms with van der Waals surface area (Å²) in [5.41, 5.74) is 0. The predicted octanol–water partition coefficient (Wildman–Crippen LogP) is 1.77. The van der Waals surface area contributed by atoms with Crippen LogP contribution in [0.15, 0.2) is 0 Å². The molecule has 104 valence electrons. The van der Waals surface area contributed by atoms with E-state index in [0.717, 1.165) is 45.6 Å². The van der Waals surface area contributed by atoms with Gasteiger partial charge in [0.2, 0.25) is 0 Å². The van der Waals surface area contributed by atoms with Crippen LogP contribution in [0.4, 0.5) is 0 Å². The first-order valence-electron chi connectivity index (χ1n) is 7.27. The van der Waals surface area contributed by atoms with E-state index < -0.39 is 0 Å². The van der Waals surface area contributed by atoms with Gasteiger partial charge in [-0.15, -0.1) is 0 Å². The first-order chi connectivity index (χ1) is 8.80. The van der Waals surface area contributed by atoms with E-state index in [4.69, 9.17) is 10.00 Å². The van der Waals surface area contributed by atoms with Gasteiger partial charge >= 0.3 is 0 Å². The van der Waals surface area contributed by atoms with Crippen molar-refractivity contribution in [2.45, 2.75) is 51.7 Å². The minimum atomic E-state index is -0.00747. The maximum Gasteiger partial charge on any atom is 0.0965 e. The summed E-state index contributed by atoms with van der Waals surface area (Å²) >= 11 is 0. The van der Waals surface area contributed by atoms with E-state index in [1.165, 1.54) is 12.8 Å². The summed E-state index contributed by atoms with van der Waals surface area (Å²) in [6, 6.07) is 2.31. The number of rotatable bonds is 8. The van der Waals surface area contributed by atoms with Crippen LogP contribution < -0.4 is 5.32 Å². The number of nitriles is 1. The van der Waals surface area contributed by atoms with Crippen LogP contribution in [0.5, 0.6) is 0 Å². The Bertz CT molecular complexity index is 252. The van der Waals surface area contributed by atoms with Gasteiger partial charge in [0.05, 0.1) is 18.2 Å². The van der Waals surface area contributed by atoms with Crippen molar-refractivity contribution in [1.29, 1.82) is 5.26 Å². The fraction of sp³-hybridized carbons (Fsp3) is 0.929. The van der Waals surface area contributed by atoms with Gasteiger partial charge in [0, 0.05) is 19.7 Å². The molecule has 0 spiro atoms. The van der Waals surface area contributed by atoms with Gasteiger partial charge in [0.15, 0.2) is 0 Å². The van der Waals surface area contributed by atoms with E-state index in [9.17, 15) is 0 Å². The molecule has 4 nitrogen and oxygen atoms in total. The molecule has 0 aromatic rings. The predicted molar refractivity (Wildman–Crippen MR) is 73.4 cm³/mol. The molecule has 1 aliphatic heterocycles. The van der Waals surface area contributed by atoms with Crippen LogP contribution >= 0.6 is 0 Å². The van der Waals surface area contributed by atoms with E-state index in [-0.39, 0.29) is 6.04 Å².